The minimum atomic E-state index is -0.609. The number of alkyl halides is 1. The van der Waals surface area contributed by atoms with Crippen molar-refractivity contribution in [2.45, 2.75) is 69.2 Å². The fourth-order valence-corrected chi connectivity index (χ4v) is 5.06. The minimum Gasteiger partial charge on any atom is -0.394 e. The number of rotatable bonds is 4. The van der Waals surface area contributed by atoms with E-state index in [0.29, 0.717) is 29.6 Å². The highest BCUT2D eigenvalue weighted by Crippen LogP contribution is 2.50. The molecule has 0 spiro atoms. The molecule has 8 atom stereocenters. The Kier molecular flexibility index (Phi) is 6.00. The van der Waals surface area contributed by atoms with Crippen LogP contribution in [0.2, 0.25) is 0 Å². The van der Waals surface area contributed by atoms with Crippen LogP contribution >= 0.6 is 22.6 Å². The third-order valence-electron chi connectivity index (χ3n) is 5.98. The molecule has 3 unspecified atom stereocenters. The van der Waals surface area contributed by atoms with Crippen molar-refractivity contribution in [2.75, 3.05) is 6.61 Å². The Morgan fingerprint density at radius 3 is 2.48 bits per heavy atom. The second kappa shape index (κ2) is 7.02. The molecule has 2 rings (SSSR count). The quantitative estimate of drug-likeness (QED) is 0.550. The van der Waals surface area contributed by atoms with Gasteiger partial charge < -0.3 is 14.9 Å². The maximum atomic E-state index is 10.1. The lowest BCUT2D eigenvalue weighted by Crippen LogP contribution is -2.52. The molecule has 1 aliphatic carbocycles. The molecule has 21 heavy (non-hydrogen) atoms. The van der Waals surface area contributed by atoms with Crippen molar-refractivity contribution < 1.29 is 14.9 Å². The van der Waals surface area contributed by atoms with E-state index in [9.17, 15) is 10.2 Å². The van der Waals surface area contributed by atoms with Crippen LogP contribution in [-0.2, 0) is 4.74 Å². The van der Waals surface area contributed by atoms with Gasteiger partial charge in [0, 0.05) is 0 Å². The molecular weight excluding hydrogens is 379 g/mol. The zero-order valence-electron chi connectivity index (χ0n) is 13.8. The first-order chi connectivity index (χ1) is 9.74. The summed E-state index contributed by atoms with van der Waals surface area (Å²) in [6.45, 7) is 8.81. The van der Waals surface area contributed by atoms with E-state index in [1.165, 1.54) is 12.8 Å². The van der Waals surface area contributed by atoms with Gasteiger partial charge in [0.2, 0.25) is 0 Å². The Hall–Kier alpha value is 0.610. The van der Waals surface area contributed by atoms with Crippen molar-refractivity contribution >= 4 is 22.6 Å². The number of ether oxygens (including phenoxy) is 1. The fourth-order valence-electron chi connectivity index (χ4n) is 4.75. The normalized spacial score (nSPS) is 46.7. The number of hydrogen-bond acceptors (Lipinski definition) is 3. The second-order valence-electron chi connectivity index (χ2n) is 7.56. The maximum Gasteiger partial charge on any atom is 0.113 e. The van der Waals surface area contributed by atoms with Crippen molar-refractivity contribution in [3.8, 4) is 0 Å². The van der Waals surface area contributed by atoms with E-state index in [4.69, 9.17) is 4.74 Å². The summed E-state index contributed by atoms with van der Waals surface area (Å²) in [6.07, 6.45) is 4.66. The van der Waals surface area contributed by atoms with Gasteiger partial charge in [0.25, 0.3) is 0 Å². The summed E-state index contributed by atoms with van der Waals surface area (Å²) in [4.78, 5) is 0. The standard InChI is InChI=1S/C17H31IO3/c1-10-5-6-14-11(2)15(9-19)21-12(3)16(14)13(10)7-8-17(4,18)20/h10-16,19-20H,5-9H2,1-4H3/t10-,11-,12-,13-,14?,15?,16?,17+/m1/s1. The Bertz CT molecular complexity index is 341. The summed E-state index contributed by atoms with van der Waals surface area (Å²) in [5.41, 5.74) is 0. The molecule has 0 aromatic heterocycles. The zero-order chi connectivity index (χ0) is 15.8. The first-order valence-electron chi connectivity index (χ1n) is 8.42. The van der Waals surface area contributed by atoms with Crippen molar-refractivity contribution in [1.29, 1.82) is 0 Å². The fraction of sp³-hybridized carbons (Fsp3) is 1.00. The van der Waals surface area contributed by atoms with Crippen LogP contribution < -0.4 is 0 Å². The molecule has 1 saturated carbocycles. The summed E-state index contributed by atoms with van der Waals surface area (Å²) >= 11 is 2.14. The van der Waals surface area contributed by atoms with Gasteiger partial charge in [-0.25, -0.2) is 0 Å². The van der Waals surface area contributed by atoms with Crippen molar-refractivity contribution in [3.05, 3.63) is 0 Å². The van der Waals surface area contributed by atoms with Gasteiger partial charge in [0.05, 0.1) is 18.8 Å². The predicted octanol–water partition coefficient (Wildman–Crippen LogP) is 3.60. The average Bonchev–Trinajstić information content (AvgIpc) is 2.40. The minimum absolute atomic E-state index is 0.00277. The molecule has 4 heteroatoms. The summed E-state index contributed by atoms with van der Waals surface area (Å²) in [5.74, 6) is 3.00. The van der Waals surface area contributed by atoms with Crippen LogP contribution in [0.4, 0.5) is 0 Å². The van der Waals surface area contributed by atoms with Gasteiger partial charge >= 0.3 is 0 Å². The lowest BCUT2D eigenvalue weighted by molar-refractivity contribution is -0.179. The molecule has 0 aromatic carbocycles. The molecule has 0 bridgehead atoms. The van der Waals surface area contributed by atoms with Crippen LogP contribution in [0.1, 0.15) is 53.4 Å². The summed E-state index contributed by atoms with van der Waals surface area (Å²) in [6, 6.07) is 0. The van der Waals surface area contributed by atoms with Crippen molar-refractivity contribution in [2.24, 2.45) is 29.6 Å². The second-order valence-corrected chi connectivity index (χ2v) is 9.89. The summed E-state index contributed by atoms with van der Waals surface area (Å²) < 4.78 is 5.50. The molecule has 2 fully saturated rings. The van der Waals surface area contributed by atoms with Gasteiger partial charge in [-0.05, 0) is 85.3 Å². The van der Waals surface area contributed by atoms with Crippen molar-refractivity contribution in [1.82, 2.24) is 0 Å². The molecule has 1 heterocycles. The highest BCUT2D eigenvalue weighted by Gasteiger charge is 2.48. The van der Waals surface area contributed by atoms with E-state index in [0.717, 1.165) is 12.8 Å². The smallest absolute Gasteiger partial charge is 0.113 e. The molecule has 1 saturated heterocycles. The Labute approximate surface area is 143 Å². The van der Waals surface area contributed by atoms with Gasteiger partial charge in [-0.1, -0.05) is 20.3 Å². The molecule has 0 amide bonds. The highest BCUT2D eigenvalue weighted by molar-refractivity contribution is 14.1. The van der Waals surface area contributed by atoms with Crippen LogP contribution in [0.15, 0.2) is 0 Å². The number of aliphatic hydroxyl groups excluding tert-OH is 1. The first kappa shape index (κ1) is 18.0. The third kappa shape index (κ3) is 4.12. The molecule has 0 aromatic rings. The van der Waals surface area contributed by atoms with E-state index in [2.05, 4.69) is 43.4 Å². The topological polar surface area (TPSA) is 49.7 Å². The maximum absolute atomic E-state index is 10.1. The summed E-state index contributed by atoms with van der Waals surface area (Å²) in [5, 5.41) is 19.6. The molecule has 2 N–H and O–H groups in total. The molecule has 3 nitrogen and oxygen atoms in total. The van der Waals surface area contributed by atoms with Gasteiger partial charge in [0.1, 0.15) is 3.61 Å². The largest absolute Gasteiger partial charge is 0.394 e. The van der Waals surface area contributed by atoms with E-state index in [-0.39, 0.29) is 18.8 Å². The van der Waals surface area contributed by atoms with Gasteiger partial charge in [-0.2, -0.15) is 0 Å². The zero-order valence-corrected chi connectivity index (χ0v) is 15.9. The van der Waals surface area contributed by atoms with E-state index < -0.39 is 3.61 Å². The number of fused-ring (bicyclic) bond motifs is 1. The van der Waals surface area contributed by atoms with Crippen LogP contribution in [0, 0.1) is 29.6 Å². The number of hydrogen-bond donors (Lipinski definition) is 2. The van der Waals surface area contributed by atoms with Crippen LogP contribution in [0.5, 0.6) is 0 Å². The van der Waals surface area contributed by atoms with Gasteiger partial charge in [-0.3, -0.25) is 0 Å². The lowest BCUT2D eigenvalue weighted by atomic mass is 9.59. The van der Waals surface area contributed by atoms with Gasteiger partial charge in [0.15, 0.2) is 0 Å². The SMILES string of the molecule is C[C@H]1C(CO)O[C@H](C)C2C1CC[C@@H](C)[C@H]2CC[C@](C)(O)I. The predicted molar refractivity (Wildman–Crippen MR) is 93.3 cm³/mol. The van der Waals surface area contributed by atoms with Gasteiger partial charge in [-0.15, -0.1) is 0 Å². The Morgan fingerprint density at radius 2 is 1.90 bits per heavy atom. The molecule has 0 radical (unpaired) electrons. The molecule has 2 aliphatic rings. The van der Waals surface area contributed by atoms with Crippen LogP contribution in [-0.4, -0.2) is 32.6 Å². The van der Waals surface area contributed by atoms with E-state index in [1.807, 2.05) is 6.92 Å². The van der Waals surface area contributed by atoms with E-state index in [1.54, 1.807) is 0 Å². The average molecular weight is 410 g/mol. The van der Waals surface area contributed by atoms with Crippen LogP contribution in [0.25, 0.3) is 0 Å². The molecular formula is C17H31IO3. The monoisotopic (exact) mass is 410 g/mol. The third-order valence-corrected chi connectivity index (χ3v) is 6.52. The Balaban J connectivity index is 2.13. The number of halogens is 1. The Morgan fingerprint density at radius 1 is 1.24 bits per heavy atom. The summed E-state index contributed by atoms with van der Waals surface area (Å²) in [7, 11) is 0. The highest BCUT2D eigenvalue weighted by atomic mass is 127. The van der Waals surface area contributed by atoms with E-state index >= 15 is 0 Å². The lowest BCUT2D eigenvalue weighted by Gasteiger charge is -2.53. The molecule has 1 aliphatic heterocycles. The van der Waals surface area contributed by atoms with Crippen LogP contribution in [0.3, 0.4) is 0 Å². The first-order valence-corrected chi connectivity index (χ1v) is 9.50. The number of aliphatic hydroxyl groups is 2. The molecule has 124 valence electrons. The van der Waals surface area contributed by atoms with Crippen molar-refractivity contribution in [3.63, 3.8) is 0 Å².